The van der Waals surface area contributed by atoms with Crippen LogP contribution in [-0.4, -0.2) is 38.4 Å². The van der Waals surface area contributed by atoms with Crippen LogP contribution < -0.4 is 15.8 Å². The fourth-order valence-electron chi connectivity index (χ4n) is 3.11. The summed E-state index contributed by atoms with van der Waals surface area (Å²) in [6.07, 6.45) is 1.34. The quantitative estimate of drug-likeness (QED) is 0.482. The van der Waals surface area contributed by atoms with E-state index < -0.39 is 11.8 Å². The van der Waals surface area contributed by atoms with Crippen LogP contribution in [0.25, 0.3) is 17.0 Å². The van der Waals surface area contributed by atoms with E-state index in [9.17, 15) is 9.59 Å². The zero-order valence-corrected chi connectivity index (χ0v) is 15.8. The van der Waals surface area contributed by atoms with Crippen LogP contribution in [0.4, 0.5) is 5.69 Å². The topological polar surface area (TPSA) is 128 Å². The maximum atomic E-state index is 12.9. The Labute approximate surface area is 165 Å². The molecule has 146 valence electrons. The number of primary amides is 1. The zero-order valence-electron chi connectivity index (χ0n) is 15.8. The van der Waals surface area contributed by atoms with Crippen LogP contribution in [-0.2, 0) is 0 Å². The molecule has 0 saturated heterocycles. The van der Waals surface area contributed by atoms with Crippen molar-refractivity contribution < 1.29 is 14.3 Å². The number of hydrogen-bond donors (Lipinski definition) is 3. The predicted octanol–water partition coefficient (Wildman–Crippen LogP) is 2.42. The van der Waals surface area contributed by atoms with Crippen molar-refractivity contribution >= 4 is 28.5 Å². The SMILES string of the molecule is COc1cccc(C)c1NC(=O)c1ncn(-c2nc3ccccc3[nH]2)c1C(N)=O. The Morgan fingerprint density at radius 3 is 2.69 bits per heavy atom. The van der Waals surface area contributed by atoms with Gasteiger partial charge in [-0.2, -0.15) is 0 Å². The molecule has 2 amide bonds. The van der Waals surface area contributed by atoms with Crippen molar-refractivity contribution in [3.8, 4) is 11.7 Å². The van der Waals surface area contributed by atoms with Crippen molar-refractivity contribution in [2.75, 3.05) is 12.4 Å². The highest BCUT2D eigenvalue weighted by atomic mass is 16.5. The molecule has 2 aromatic carbocycles. The fourth-order valence-corrected chi connectivity index (χ4v) is 3.11. The Hall–Kier alpha value is -4.14. The number of carbonyl (C=O) groups is 2. The number of methoxy groups -OCH3 is 1. The number of nitrogens with two attached hydrogens (primary N) is 1. The second kappa shape index (κ2) is 7.12. The number of imidazole rings is 2. The lowest BCUT2D eigenvalue weighted by atomic mass is 10.1. The first-order valence-corrected chi connectivity index (χ1v) is 8.77. The number of benzene rings is 2. The Morgan fingerprint density at radius 2 is 1.97 bits per heavy atom. The number of carbonyl (C=O) groups excluding carboxylic acids is 2. The fraction of sp³-hybridized carbons (Fsp3) is 0.100. The molecule has 4 N–H and O–H groups in total. The Morgan fingerprint density at radius 1 is 1.17 bits per heavy atom. The van der Waals surface area contributed by atoms with Crippen molar-refractivity contribution in [2.45, 2.75) is 6.92 Å². The molecule has 0 bridgehead atoms. The van der Waals surface area contributed by atoms with Gasteiger partial charge >= 0.3 is 0 Å². The van der Waals surface area contributed by atoms with Crippen LogP contribution in [0, 0.1) is 6.92 Å². The van der Waals surface area contributed by atoms with Crippen molar-refractivity contribution in [2.24, 2.45) is 5.73 Å². The minimum atomic E-state index is -0.801. The smallest absolute Gasteiger partial charge is 0.276 e. The predicted molar refractivity (Wildman–Crippen MR) is 107 cm³/mol. The van der Waals surface area contributed by atoms with Crippen molar-refractivity contribution in [1.82, 2.24) is 19.5 Å². The van der Waals surface area contributed by atoms with Crippen molar-refractivity contribution in [3.63, 3.8) is 0 Å². The van der Waals surface area contributed by atoms with Gasteiger partial charge in [0, 0.05) is 0 Å². The van der Waals surface area contributed by atoms with E-state index in [1.165, 1.54) is 18.0 Å². The van der Waals surface area contributed by atoms with Crippen LogP contribution in [0.15, 0.2) is 48.8 Å². The van der Waals surface area contributed by atoms with E-state index in [2.05, 4.69) is 20.3 Å². The lowest BCUT2D eigenvalue weighted by molar-refractivity contribution is 0.0970. The molecule has 0 saturated carbocycles. The first-order valence-electron chi connectivity index (χ1n) is 8.77. The van der Waals surface area contributed by atoms with Gasteiger partial charge in [-0.3, -0.25) is 14.2 Å². The summed E-state index contributed by atoms with van der Waals surface area (Å²) in [5.41, 5.74) is 8.16. The van der Waals surface area contributed by atoms with Gasteiger partial charge in [-0.25, -0.2) is 9.97 Å². The van der Waals surface area contributed by atoms with Gasteiger partial charge in [0.05, 0.1) is 23.8 Å². The highest BCUT2D eigenvalue weighted by Crippen LogP contribution is 2.28. The number of rotatable bonds is 5. The third-order valence-corrected chi connectivity index (χ3v) is 4.51. The summed E-state index contributed by atoms with van der Waals surface area (Å²) in [6, 6.07) is 12.8. The molecule has 0 aliphatic rings. The number of amides is 2. The maximum Gasteiger partial charge on any atom is 0.276 e. The normalized spacial score (nSPS) is 10.8. The molecule has 0 radical (unpaired) electrons. The molecule has 0 spiro atoms. The maximum absolute atomic E-state index is 12.9. The van der Waals surface area contributed by atoms with Gasteiger partial charge in [-0.15, -0.1) is 0 Å². The standard InChI is InChI=1S/C20H18N6O3/c1-11-6-5-9-14(29-2)15(11)25-19(28)16-17(18(21)27)26(10-22-16)20-23-12-7-3-4-8-13(12)24-20/h3-10H,1-2H3,(H2,21,27)(H,23,24)(H,25,28). The molecule has 0 atom stereocenters. The molecule has 4 aromatic rings. The lowest BCUT2D eigenvalue weighted by Crippen LogP contribution is -2.23. The van der Waals surface area contributed by atoms with Crippen molar-refractivity contribution in [1.29, 1.82) is 0 Å². The number of nitrogens with one attached hydrogen (secondary N) is 2. The number of para-hydroxylation sites is 3. The molecule has 0 aliphatic heterocycles. The Bertz CT molecular complexity index is 1210. The van der Waals surface area contributed by atoms with Crippen LogP contribution in [0.1, 0.15) is 26.5 Å². The summed E-state index contributed by atoms with van der Waals surface area (Å²) in [7, 11) is 1.51. The van der Waals surface area contributed by atoms with Crippen LogP contribution in [0.2, 0.25) is 0 Å². The summed E-state index contributed by atoms with van der Waals surface area (Å²) < 4.78 is 6.67. The largest absolute Gasteiger partial charge is 0.495 e. The van der Waals surface area contributed by atoms with E-state index >= 15 is 0 Å². The highest BCUT2D eigenvalue weighted by Gasteiger charge is 2.25. The zero-order chi connectivity index (χ0) is 20.5. The summed E-state index contributed by atoms with van der Waals surface area (Å²) >= 11 is 0. The number of fused-ring (bicyclic) bond motifs is 1. The average molecular weight is 390 g/mol. The van der Waals surface area contributed by atoms with Crippen LogP contribution in [0.5, 0.6) is 5.75 Å². The number of aromatic amines is 1. The summed E-state index contributed by atoms with van der Waals surface area (Å²) in [4.78, 5) is 36.7. The van der Waals surface area contributed by atoms with Gasteiger partial charge in [0.25, 0.3) is 11.8 Å². The van der Waals surface area contributed by atoms with E-state index in [0.717, 1.165) is 11.1 Å². The first kappa shape index (κ1) is 18.2. The molecule has 0 aliphatic carbocycles. The van der Waals surface area contributed by atoms with E-state index in [4.69, 9.17) is 10.5 Å². The third-order valence-electron chi connectivity index (χ3n) is 4.51. The van der Waals surface area contributed by atoms with Crippen molar-refractivity contribution in [3.05, 3.63) is 65.7 Å². The molecule has 29 heavy (non-hydrogen) atoms. The van der Waals surface area contributed by atoms with E-state index in [1.54, 1.807) is 6.07 Å². The number of anilines is 1. The van der Waals surface area contributed by atoms with Gasteiger partial charge in [-0.05, 0) is 30.7 Å². The second-order valence-corrected chi connectivity index (χ2v) is 6.36. The van der Waals surface area contributed by atoms with Gasteiger partial charge in [0.15, 0.2) is 5.69 Å². The molecular weight excluding hydrogens is 372 g/mol. The second-order valence-electron chi connectivity index (χ2n) is 6.36. The summed E-state index contributed by atoms with van der Waals surface area (Å²) in [6.45, 7) is 1.83. The Balaban J connectivity index is 1.75. The number of ether oxygens (including phenoxy) is 1. The van der Waals surface area contributed by atoms with Gasteiger partial charge in [0.2, 0.25) is 5.95 Å². The van der Waals surface area contributed by atoms with Gasteiger partial charge in [-0.1, -0.05) is 24.3 Å². The van der Waals surface area contributed by atoms with Crippen LogP contribution in [0.3, 0.4) is 0 Å². The molecule has 2 aromatic heterocycles. The Kier molecular flexibility index (Phi) is 4.47. The lowest BCUT2D eigenvalue weighted by Gasteiger charge is -2.12. The molecule has 4 rings (SSSR count). The van der Waals surface area contributed by atoms with Gasteiger partial charge < -0.3 is 20.8 Å². The van der Waals surface area contributed by atoms with E-state index in [0.29, 0.717) is 22.9 Å². The molecular formula is C20H18N6O3. The summed E-state index contributed by atoms with van der Waals surface area (Å²) in [5, 5.41) is 2.75. The average Bonchev–Trinajstić information content (AvgIpc) is 3.33. The number of nitrogens with zero attached hydrogens (tertiary/aromatic N) is 3. The van der Waals surface area contributed by atoms with Gasteiger partial charge in [0.1, 0.15) is 17.8 Å². The highest BCUT2D eigenvalue weighted by molar-refractivity contribution is 6.10. The molecule has 9 heteroatoms. The monoisotopic (exact) mass is 390 g/mol. The molecule has 0 fully saturated rings. The minimum Gasteiger partial charge on any atom is -0.495 e. The van der Waals surface area contributed by atoms with E-state index in [1.807, 2.05) is 43.3 Å². The number of aromatic nitrogens is 4. The number of aryl methyl sites for hydroxylation is 1. The first-order chi connectivity index (χ1) is 14.0. The number of hydrogen-bond acceptors (Lipinski definition) is 5. The summed E-state index contributed by atoms with van der Waals surface area (Å²) in [5.74, 6) is -0.554. The minimum absolute atomic E-state index is 0.0749. The molecule has 2 heterocycles. The third kappa shape index (κ3) is 3.18. The van der Waals surface area contributed by atoms with Crippen LogP contribution >= 0.6 is 0 Å². The molecule has 9 nitrogen and oxygen atoms in total. The number of H-pyrrole nitrogens is 1. The van der Waals surface area contributed by atoms with E-state index in [-0.39, 0.29) is 11.4 Å². The molecule has 0 unspecified atom stereocenters.